The van der Waals surface area contributed by atoms with Crippen LogP contribution in [0.3, 0.4) is 0 Å². The van der Waals surface area contributed by atoms with Crippen molar-refractivity contribution >= 4 is 17.6 Å². The molecule has 0 radical (unpaired) electrons. The van der Waals surface area contributed by atoms with E-state index in [4.69, 9.17) is 5.73 Å². The highest BCUT2D eigenvalue weighted by molar-refractivity contribution is 5.95. The van der Waals surface area contributed by atoms with Gasteiger partial charge < -0.3 is 11.1 Å². The number of rotatable bonds is 7. The number of carbonyl (C=O) groups excluding carboxylic acids is 3. The van der Waals surface area contributed by atoms with Gasteiger partial charge >= 0.3 is 0 Å². The molecule has 6 nitrogen and oxygen atoms in total. The molecule has 0 aliphatic rings. The first-order valence-electron chi connectivity index (χ1n) is 6.07. The number of amides is 2. The highest BCUT2D eigenvalue weighted by atomic mass is 16.2. The van der Waals surface area contributed by atoms with Crippen molar-refractivity contribution in [3.05, 3.63) is 30.1 Å². The van der Waals surface area contributed by atoms with Crippen molar-refractivity contribution in [2.24, 2.45) is 5.73 Å². The third kappa shape index (κ3) is 4.87. The number of carbonyl (C=O) groups is 3. The second-order valence-electron chi connectivity index (χ2n) is 4.07. The fraction of sp³-hybridized carbons (Fsp3) is 0.385. The molecule has 1 aromatic heterocycles. The molecule has 0 aliphatic heterocycles. The van der Waals surface area contributed by atoms with Gasteiger partial charge in [0.05, 0.1) is 0 Å². The Morgan fingerprint density at radius 1 is 1.37 bits per heavy atom. The van der Waals surface area contributed by atoms with Crippen molar-refractivity contribution in [3.63, 3.8) is 0 Å². The summed E-state index contributed by atoms with van der Waals surface area (Å²) in [6, 6.07) is 4.03. The Hall–Kier alpha value is -2.24. The van der Waals surface area contributed by atoms with E-state index in [1.54, 1.807) is 19.1 Å². The molecule has 0 spiro atoms. The number of nitrogens with one attached hydrogen (secondary N) is 1. The monoisotopic (exact) mass is 263 g/mol. The molecule has 2 amide bonds. The number of nitrogens with zero attached hydrogens (tertiary/aromatic N) is 1. The molecular formula is C13H17N3O3. The van der Waals surface area contributed by atoms with Gasteiger partial charge in [-0.2, -0.15) is 0 Å². The molecule has 102 valence electrons. The van der Waals surface area contributed by atoms with Crippen molar-refractivity contribution in [2.75, 3.05) is 0 Å². The Labute approximate surface area is 111 Å². The molecule has 0 aliphatic carbocycles. The summed E-state index contributed by atoms with van der Waals surface area (Å²) in [7, 11) is 0. The molecule has 0 saturated heterocycles. The van der Waals surface area contributed by atoms with Crippen LogP contribution >= 0.6 is 0 Å². The average molecular weight is 263 g/mol. The van der Waals surface area contributed by atoms with E-state index >= 15 is 0 Å². The van der Waals surface area contributed by atoms with Crippen molar-refractivity contribution < 1.29 is 14.4 Å². The number of primary amides is 1. The van der Waals surface area contributed by atoms with Crippen molar-refractivity contribution in [3.8, 4) is 0 Å². The van der Waals surface area contributed by atoms with Crippen LogP contribution in [0.5, 0.6) is 0 Å². The van der Waals surface area contributed by atoms with Gasteiger partial charge in [-0.05, 0) is 18.6 Å². The summed E-state index contributed by atoms with van der Waals surface area (Å²) in [5, 5.41) is 2.48. The molecule has 0 bridgehead atoms. The van der Waals surface area contributed by atoms with Crippen LogP contribution in [0.1, 0.15) is 36.7 Å². The Balaban J connectivity index is 2.61. The number of Topliss-reactive ketones (excluding diaryl/α,β-unsaturated/α-hetero) is 1. The molecule has 0 saturated carbocycles. The number of aromatic nitrogens is 1. The van der Waals surface area contributed by atoms with E-state index in [1.807, 2.05) is 0 Å². The van der Waals surface area contributed by atoms with Crippen LogP contribution in [0.25, 0.3) is 0 Å². The summed E-state index contributed by atoms with van der Waals surface area (Å²) in [5.74, 6) is -1.11. The van der Waals surface area contributed by atoms with Crippen LogP contribution in [0.2, 0.25) is 0 Å². The van der Waals surface area contributed by atoms with Crippen LogP contribution in [-0.4, -0.2) is 28.6 Å². The van der Waals surface area contributed by atoms with E-state index < -0.39 is 17.9 Å². The average Bonchev–Trinajstić information content (AvgIpc) is 2.43. The second kappa shape index (κ2) is 7.25. The molecule has 19 heavy (non-hydrogen) atoms. The van der Waals surface area contributed by atoms with Gasteiger partial charge in [-0.1, -0.05) is 13.0 Å². The minimum absolute atomic E-state index is 0.0262. The quantitative estimate of drug-likeness (QED) is 0.744. The number of hydrogen-bond acceptors (Lipinski definition) is 4. The molecule has 3 N–H and O–H groups in total. The molecule has 0 aromatic carbocycles. The zero-order valence-electron chi connectivity index (χ0n) is 10.8. The van der Waals surface area contributed by atoms with E-state index in [0.29, 0.717) is 6.42 Å². The second-order valence-corrected chi connectivity index (χ2v) is 4.07. The summed E-state index contributed by atoms with van der Waals surface area (Å²) in [6.45, 7) is 1.74. The lowest BCUT2D eigenvalue weighted by Gasteiger charge is -2.14. The predicted octanol–water partition coefficient (Wildman–Crippen LogP) is 0.425. The normalized spacial score (nSPS) is 11.6. The predicted molar refractivity (Wildman–Crippen MR) is 69.2 cm³/mol. The molecule has 1 aromatic rings. The molecule has 0 unspecified atom stereocenters. The standard InChI is InChI=1S/C13H17N3O3/c1-2-9(17)6-7-10(12(14)18)16-13(19)11-5-3-4-8-15-11/h3-5,8,10H,2,6-7H2,1H3,(H2,14,18)(H,16,19)/t10-/m1/s1. The summed E-state index contributed by atoms with van der Waals surface area (Å²) in [4.78, 5) is 38.1. The van der Waals surface area contributed by atoms with Crippen molar-refractivity contribution in [1.82, 2.24) is 10.3 Å². The summed E-state index contributed by atoms with van der Waals surface area (Å²) >= 11 is 0. The molecular weight excluding hydrogens is 246 g/mol. The van der Waals surface area contributed by atoms with E-state index in [-0.39, 0.29) is 24.3 Å². The van der Waals surface area contributed by atoms with E-state index in [1.165, 1.54) is 12.3 Å². The first-order valence-corrected chi connectivity index (χ1v) is 6.07. The first-order chi connectivity index (χ1) is 9.04. The minimum Gasteiger partial charge on any atom is -0.368 e. The summed E-state index contributed by atoms with van der Waals surface area (Å²) in [5.41, 5.74) is 5.41. The van der Waals surface area contributed by atoms with Crippen LogP contribution < -0.4 is 11.1 Å². The van der Waals surface area contributed by atoms with Gasteiger partial charge in [0.1, 0.15) is 17.5 Å². The van der Waals surface area contributed by atoms with Gasteiger partial charge in [-0.15, -0.1) is 0 Å². The molecule has 6 heteroatoms. The Morgan fingerprint density at radius 3 is 2.63 bits per heavy atom. The third-order valence-electron chi connectivity index (χ3n) is 2.65. The topological polar surface area (TPSA) is 102 Å². The zero-order valence-corrected chi connectivity index (χ0v) is 10.8. The highest BCUT2D eigenvalue weighted by Gasteiger charge is 2.20. The van der Waals surface area contributed by atoms with Gasteiger partial charge in [0.15, 0.2) is 0 Å². The maximum Gasteiger partial charge on any atom is 0.270 e. The maximum absolute atomic E-state index is 11.8. The van der Waals surface area contributed by atoms with Gasteiger partial charge in [0, 0.05) is 19.0 Å². The number of ketones is 1. The lowest BCUT2D eigenvalue weighted by Crippen LogP contribution is -2.44. The van der Waals surface area contributed by atoms with Gasteiger partial charge in [0.2, 0.25) is 5.91 Å². The van der Waals surface area contributed by atoms with Gasteiger partial charge in [0.25, 0.3) is 5.91 Å². The van der Waals surface area contributed by atoms with Crippen molar-refractivity contribution in [1.29, 1.82) is 0 Å². The molecule has 1 atom stereocenters. The number of hydrogen-bond donors (Lipinski definition) is 2. The molecule has 1 heterocycles. The third-order valence-corrected chi connectivity index (χ3v) is 2.65. The Bertz CT molecular complexity index is 459. The minimum atomic E-state index is -0.856. The lowest BCUT2D eigenvalue weighted by atomic mass is 10.1. The number of pyridine rings is 1. The van der Waals surface area contributed by atoms with Crippen LogP contribution in [0.15, 0.2) is 24.4 Å². The fourth-order valence-corrected chi connectivity index (χ4v) is 1.50. The summed E-state index contributed by atoms with van der Waals surface area (Å²) in [6.07, 6.45) is 2.31. The van der Waals surface area contributed by atoms with E-state index in [0.717, 1.165) is 0 Å². The summed E-state index contributed by atoms with van der Waals surface area (Å²) < 4.78 is 0. The van der Waals surface area contributed by atoms with Crippen LogP contribution in [-0.2, 0) is 9.59 Å². The molecule has 1 rings (SSSR count). The Morgan fingerprint density at radius 2 is 2.11 bits per heavy atom. The fourth-order valence-electron chi connectivity index (χ4n) is 1.50. The van der Waals surface area contributed by atoms with Gasteiger partial charge in [-0.25, -0.2) is 0 Å². The SMILES string of the molecule is CCC(=O)CC[C@@H](NC(=O)c1ccccn1)C(N)=O. The highest BCUT2D eigenvalue weighted by Crippen LogP contribution is 2.02. The lowest BCUT2D eigenvalue weighted by molar-refractivity contribution is -0.121. The largest absolute Gasteiger partial charge is 0.368 e. The molecule has 0 fully saturated rings. The van der Waals surface area contributed by atoms with E-state index in [2.05, 4.69) is 10.3 Å². The maximum atomic E-state index is 11.8. The first kappa shape index (κ1) is 14.8. The van der Waals surface area contributed by atoms with Gasteiger partial charge in [-0.3, -0.25) is 19.4 Å². The number of nitrogens with two attached hydrogens (primary N) is 1. The van der Waals surface area contributed by atoms with Crippen LogP contribution in [0, 0.1) is 0 Å². The van der Waals surface area contributed by atoms with Crippen molar-refractivity contribution in [2.45, 2.75) is 32.2 Å². The zero-order chi connectivity index (χ0) is 14.3. The smallest absolute Gasteiger partial charge is 0.270 e. The van der Waals surface area contributed by atoms with E-state index in [9.17, 15) is 14.4 Å². The Kier molecular flexibility index (Phi) is 5.66. The van der Waals surface area contributed by atoms with Crippen LogP contribution in [0.4, 0.5) is 0 Å².